The average molecular weight is 385 g/mol. The topological polar surface area (TPSA) is 113 Å². The number of hydrogen-bond acceptors (Lipinski definition) is 6. The Morgan fingerprint density at radius 2 is 1.96 bits per heavy atom. The van der Waals surface area contributed by atoms with Crippen LogP contribution in [0.25, 0.3) is 11.4 Å². The van der Waals surface area contributed by atoms with E-state index in [1.165, 1.54) is 6.07 Å². The average Bonchev–Trinajstić information content (AvgIpc) is 2.68. The van der Waals surface area contributed by atoms with Crippen LogP contribution < -0.4 is 16.2 Å². The van der Waals surface area contributed by atoms with E-state index in [-0.39, 0.29) is 12.1 Å². The largest absolute Gasteiger partial charge is 0.354 e. The molecule has 3 N–H and O–H groups in total. The van der Waals surface area contributed by atoms with E-state index in [2.05, 4.69) is 30.8 Å². The second-order valence-electron chi connectivity index (χ2n) is 5.60. The number of hydrogen-bond donors (Lipinski definition) is 3. The molecule has 0 aliphatic heterocycles. The van der Waals surface area contributed by atoms with Gasteiger partial charge in [-0.15, -0.1) is 0 Å². The fourth-order valence-electron chi connectivity index (χ4n) is 2.33. The third-order valence-corrected chi connectivity index (χ3v) is 3.92. The standard InChI is InChI=1S/C18H17ClN6O2/c1-2-20-18-21-8-7-14(23-18)15-9-13(17(27)25-24-15)16(26)22-10-11-3-5-12(19)6-4-11/h3-9H,2,10H2,1H3,(H,22,26)(H,25,27)(H,20,21,23). The van der Waals surface area contributed by atoms with Gasteiger partial charge in [-0.25, -0.2) is 15.1 Å². The fraction of sp³-hybridized carbons (Fsp3) is 0.167. The van der Waals surface area contributed by atoms with Crippen molar-refractivity contribution in [1.82, 2.24) is 25.5 Å². The number of halogens is 1. The Kier molecular flexibility index (Phi) is 5.77. The van der Waals surface area contributed by atoms with E-state index in [1.54, 1.807) is 36.5 Å². The van der Waals surface area contributed by atoms with Crippen molar-refractivity contribution in [2.75, 3.05) is 11.9 Å². The lowest BCUT2D eigenvalue weighted by molar-refractivity contribution is 0.0949. The molecule has 0 aliphatic rings. The van der Waals surface area contributed by atoms with Crippen LogP contribution in [0.15, 0.2) is 47.4 Å². The van der Waals surface area contributed by atoms with E-state index in [1.807, 2.05) is 6.92 Å². The fourth-order valence-corrected chi connectivity index (χ4v) is 2.46. The van der Waals surface area contributed by atoms with Crippen LogP contribution in [0, 0.1) is 0 Å². The van der Waals surface area contributed by atoms with Crippen LogP contribution in [-0.2, 0) is 6.54 Å². The quantitative estimate of drug-likeness (QED) is 0.600. The molecule has 0 spiro atoms. The SMILES string of the molecule is CCNc1nccc(-c2cc(C(=O)NCc3ccc(Cl)cc3)c(=O)[nH]n2)n1. The van der Waals surface area contributed by atoms with E-state index in [0.717, 1.165) is 5.56 Å². The molecule has 0 saturated carbocycles. The number of benzene rings is 1. The van der Waals surface area contributed by atoms with Gasteiger partial charge in [0.2, 0.25) is 5.95 Å². The smallest absolute Gasteiger partial charge is 0.277 e. The van der Waals surface area contributed by atoms with Gasteiger partial charge in [0.05, 0.1) is 5.69 Å². The minimum Gasteiger partial charge on any atom is -0.354 e. The third-order valence-electron chi connectivity index (χ3n) is 3.67. The van der Waals surface area contributed by atoms with E-state index >= 15 is 0 Å². The molecule has 2 heterocycles. The number of rotatable bonds is 6. The minimum atomic E-state index is -0.576. The maximum atomic E-state index is 12.4. The summed E-state index contributed by atoms with van der Waals surface area (Å²) >= 11 is 5.84. The van der Waals surface area contributed by atoms with Gasteiger partial charge >= 0.3 is 0 Å². The highest BCUT2D eigenvalue weighted by Gasteiger charge is 2.14. The summed E-state index contributed by atoms with van der Waals surface area (Å²) in [5.41, 5.74) is 1.10. The Morgan fingerprint density at radius 1 is 1.19 bits per heavy atom. The second kappa shape index (κ2) is 8.41. The number of nitrogens with zero attached hydrogens (tertiary/aromatic N) is 3. The number of nitrogens with one attached hydrogen (secondary N) is 3. The maximum Gasteiger partial charge on any atom is 0.277 e. The summed E-state index contributed by atoms with van der Waals surface area (Å²) in [4.78, 5) is 32.9. The summed E-state index contributed by atoms with van der Waals surface area (Å²) in [6.07, 6.45) is 1.58. The molecule has 0 unspecified atom stereocenters. The van der Waals surface area contributed by atoms with Gasteiger partial charge in [0, 0.05) is 24.3 Å². The number of H-pyrrole nitrogens is 1. The van der Waals surface area contributed by atoms with Crippen molar-refractivity contribution in [1.29, 1.82) is 0 Å². The number of amides is 1. The molecule has 27 heavy (non-hydrogen) atoms. The number of aromatic amines is 1. The summed E-state index contributed by atoms with van der Waals surface area (Å²) in [5, 5.41) is 12.6. The van der Waals surface area contributed by atoms with Gasteiger partial charge in [0.15, 0.2) is 0 Å². The first-order valence-corrected chi connectivity index (χ1v) is 8.64. The van der Waals surface area contributed by atoms with Crippen LogP contribution in [0.1, 0.15) is 22.8 Å². The molecule has 3 aromatic rings. The number of anilines is 1. The maximum absolute atomic E-state index is 12.4. The molecule has 9 heteroatoms. The van der Waals surface area contributed by atoms with Crippen molar-refractivity contribution in [2.45, 2.75) is 13.5 Å². The van der Waals surface area contributed by atoms with E-state index in [0.29, 0.717) is 28.9 Å². The summed E-state index contributed by atoms with van der Waals surface area (Å²) < 4.78 is 0. The number of carbonyl (C=O) groups is 1. The Hall–Kier alpha value is -3.26. The molecular weight excluding hydrogens is 368 g/mol. The molecule has 3 rings (SSSR count). The zero-order chi connectivity index (χ0) is 19.2. The monoisotopic (exact) mass is 384 g/mol. The van der Waals surface area contributed by atoms with Gasteiger partial charge in [-0.1, -0.05) is 23.7 Å². The molecule has 2 aromatic heterocycles. The van der Waals surface area contributed by atoms with Crippen LogP contribution >= 0.6 is 11.6 Å². The van der Waals surface area contributed by atoms with E-state index in [4.69, 9.17) is 11.6 Å². The zero-order valence-electron chi connectivity index (χ0n) is 14.5. The Labute approximate surface area is 160 Å². The summed E-state index contributed by atoms with van der Waals surface area (Å²) in [6.45, 7) is 2.86. The summed E-state index contributed by atoms with van der Waals surface area (Å²) in [5.74, 6) is -0.0625. The van der Waals surface area contributed by atoms with Gasteiger partial charge in [0.1, 0.15) is 11.3 Å². The summed E-state index contributed by atoms with van der Waals surface area (Å²) in [6, 6.07) is 10.1. The highest BCUT2D eigenvalue weighted by molar-refractivity contribution is 6.30. The summed E-state index contributed by atoms with van der Waals surface area (Å²) in [7, 11) is 0. The molecule has 0 saturated heterocycles. The van der Waals surface area contributed by atoms with Crippen LogP contribution in [0.5, 0.6) is 0 Å². The van der Waals surface area contributed by atoms with Gasteiger partial charge < -0.3 is 10.6 Å². The Bertz CT molecular complexity index is 1000. The van der Waals surface area contributed by atoms with Crippen molar-refractivity contribution in [3.63, 3.8) is 0 Å². The van der Waals surface area contributed by atoms with Crippen LogP contribution in [0.3, 0.4) is 0 Å². The molecule has 1 aromatic carbocycles. The van der Waals surface area contributed by atoms with Crippen LogP contribution in [0.2, 0.25) is 5.02 Å². The Morgan fingerprint density at radius 3 is 2.70 bits per heavy atom. The first-order chi connectivity index (χ1) is 13.1. The molecule has 0 atom stereocenters. The second-order valence-corrected chi connectivity index (χ2v) is 6.04. The van der Waals surface area contributed by atoms with Crippen LogP contribution in [-0.4, -0.2) is 32.6 Å². The Balaban J connectivity index is 1.80. The molecule has 1 amide bonds. The number of aromatic nitrogens is 4. The van der Waals surface area contributed by atoms with Crippen molar-refractivity contribution in [2.24, 2.45) is 0 Å². The van der Waals surface area contributed by atoms with Gasteiger partial charge in [-0.05, 0) is 36.8 Å². The molecule has 8 nitrogen and oxygen atoms in total. The highest BCUT2D eigenvalue weighted by Crippen LogP contribution is 2.14. The van der Waals surface area contributed by atoms with Crippen LogP contribution in [0.4, 0.5) is 5.95 Å². The molecule has 138 valence electrons. The lowest BCUT2D eigenvalue weighted by atomic mass is 10.2. The van der Waals surface area contributed by atoms with Crippen molar-refractivity contribution in [3.8, 4) is 11.4 Å². The molecule has 0 radical (unpaired) electrons. The molecule has 0 fully saturated rings. The van der Waals surface area contributed by atoms with Crippen molar-refractivity contribution in [3.05, 3.63) is 69.1 Å². The van der Waals surface area contributed by atoms with Crippen molar-refractivity contribution >= 4 is 23.5 Å². The molecule has 0 bridgehead atoms. The number of carbonyl (C=O) groups excluding carboxylic acids is 1. The van der Waals surface area contributed by atoms with Crippen molar-refractivity contribution < 1.29 is 4.79 Å². The predicted octanol–water partition coefficient (Wildman–Crippen LogP) is 2.24. The lowest BCUT2D eigenvalue weighted by Gasteiger charge is -2.07. The normalized spacial score (nSPS) is 10.4. The van der Waals surface area contributed by atoms with E-state index < -0.39 is 11.5 Å². The van der Waals surface area contributed by atoms with E-state index in [9.17, 15) is 9.59 Å². The van der Waals surface area contributed by atoms with Gasteiger partial charge in [-0.3, -0.25) is 9.59 Å². The lowest BCUT2D eigenvalue weighted by Crippen LogP contribution is -2.29. The first-order valence-electron chi connectivity index (χ1n) is 8.26. The minimum absolute atomic E-state index is 0.0439. The van der Waals surface area contributed by atoms with Gasteiger partial charge in [-0.2, -0.15) is 5.10 Å². The zero-order valence-corrected chi connectivity index (χ0v) is 15.2. The third kappa shape index (κ3) is 4.68. The predicted molar refractivity (Wildman–Crippen MR) is 103 cm³/mol. The molecule has 0 aliphatic carbocycles. The highest BCUT2D eigenvalue weighted by atomic mass is 35.5. The van der Waals surface area contributed by atoms with Gasteiger partial charge in [0.25, 0.3) is 11.5 Å². The molecular formula is C18H17ClN6O2. The first kappa shape index (κ1) is 18.5.